The lowest BCUT2D eigenvalue weighted by Gasteiger charge is -2.38. The van der Waals surface area contributed by atoms with Crippen LogP contribution in [-0.4, -0.2) is 32.6 Å². The summed E-state index contributed by atoms with van der Waals surface area (Å²) in [6.07, 6.45) is 1.25. The van der Waals surface area contributed by atoms with Crippen LogP contribution in [0.1, 0.15) is 9.67 Å². The number of carbonyl (C=O) groups is 1. The number of ether oxygens (including phenoxy) is 1. The first kappa shape index (κ1) is 8.72. The van der Waals surface area contributed by atoms with E-state index in [4.69, 9.17) is 4.74 Å². The molecule has 2 heterocycles. The third-order valence-corrected chi connectivity index (χ3v) is 3.29. The molecule has 2 rings (SSSR count). The third kappa shape index (κ3) is 1.59. The molecule has 1 aromatic heterocycles. The molecule has 0 atom stereocenters. The second kappa shape index (κ2) is 3.47. The van der Waals surface area contributed by atoms with Crippen molar-refractivity contribution in [3.05, 3.63) is 17.0 Å². The Hall–Kier alpha value is -0.870. The highest BCUT2D eigenvalue weighted by atomic mass is 32.1. The van der Waals surface area contributed by atoms with E-state index in [9.17, 15) is 4.79 Å². The fraction of sp³-hybridized carbons (Fsp3) is 0.444. The Balaban J connectivity index is 1.99. The summed E-state index contributed by atoms with van der Waals surface area (Å²) in [6, 6.07) is 3.84. The van der Waals surface area contributed by atoms with Gasteiger partial charge in [0.2, 0.25) is 0 Å². The maximum Gasteiger partial charge on any atom is 0.160 e. The lowest BCUT2D eigenvalue weighted by Crippen LogP contribution is -2.51. The number of aldehydes is 1. The molecule has 4 heteroatoms. The second-order valence-electron chi connectivity index (χ2n) is 3.06. The molecule has 1 aromatic rings. The summed E-state index contributed by atoms with van der Waals surface area (Å²) in [6.45, 7) is 1.88. The van der Waals surface area contributed by atoms with Gasteiger partial charge in [-0.05, 0) is 12.1 Å². The first-order valence-corrected chi connectivity index (χ1v) is 4.98. The molecule has 1 fully saturated rings. The molecular weight excluding hydrogens is 186 g/mol. The van der Waals surface area contributed by atoms with E-state index >= 15 is 0 Å². The van der Waals surface area contributed by atoms with Crippen molar-refractivity contribution in [1.82, 2.24) is 0 Å². The van der Waals surface area contributed by atoms with Crippen LogP contribution in [-0.2, 0) is 4.74 Å². The van der Waals surface area contributed by atoms with Crippen molar-refractivity contribution < 1.29 is 9.53 Å². The van der Waals surface area contributed by atoms with Gasteiger partial charge in [-0.1, -0.05) is 0 Å². The first-order valence-electron chi connectivity index (χ1n) is 4.16. The number of anilines is 1. The van der Waals surface area contributed by atoms with Gasteiger partial charge < -0.3 is 9.64 Å². The van der Waals surface area contributed by atoms with E-state index < -0.39 is 0 Å². The van der Waals surface area contributed by atoms with Crippen LogP contribution in [0.25, 0.3) is 0 Å². The molecule has 0 radical (unpaired) electrons. The summed E-state index contributed by atoms with van der Waals surface area (Å²) in [4.78, 5) is 13.4. The van der Waals surface area contributed by atoms with Gasteiger partial charge in [0.25, 0.3) is 0 Å². The molecule has 0 bridgehead atoms. The highest BCUT2D eigenvalue weighted by Gasteiger charge is 2.27. The van der Waals surface area contributed by atoms with E-state index in [-0.39, 0.29) is 0 Å². The SMILES string of the molecule is COC1CN(c2ccc(C=O)s2)C1. The van der Waals surface area contributed by atoms with E-state index in [0.29, 0.717) is 6.10 Å². The zero-order valence-electron chi connectivity index (χ0n) is 7.40. The number of methoxy groups -OCH3 is 1. The predicted octanol–water partition coefficient (Wildman–Crippen LogP) is 1.40. The van der Waals surface area contributed by atoms with E-state index in [0.717, 1.165) is 29.3 Å². The fourth-order valence-electron chi connectivity index (χ4n) is 1.34. The molecule has 0 amide bonds. The van der Waals surface area contributed by atoms with Gasteiger partial charge in [-0.3, -0.25) is 4.79 Å². The Morgan fingerprint density at radius 2 is 2.38 bits per heavy atom. The maximum absolute atomic E-state index is 10.4. The van der Waals surface area contributed by atoms with E-state index in [1.165, 1.54) is 11.3 Å². The molecular formula is C9H11NO2S. The van der Waals surface area contributed by atoms with Crippen LogP contribution < -0.4 is 4.90 Å². The molecule has 1 saturated heterocycles. The van der Waals surface area contributed by atoms with Crippen LogP contribution in [0.5, 0.6) is 0 Å². The van der Waals surface area contributed by atoms with E-state index in [2.05, 4.69) is 4.90 Å². The largest absolute Gasteiger partial charge is 0.378 e. The van der Waals surface area contributed by atoms with Gasteiger partial charge in [0.05, 0.1) is 16.0 Å². The molecule has 0 spiro atoms. The Labute approximate surface area is 80.9 Å². The lowest BCUT2D eigenvalue weighted by molar-refractivity contribution is 0.0791. The Morgan fingerprint density at radius 1 is 1.62 bits per heavy atom. The van der Waals surface area contributed by atoms with Gasteiger partial charge in [0, 0.05) is 20.2 Å². The molecule has 13 heavy (non-hydrogen) atoms. The van der Waals surface area contributed by atoms with Crippen LogP contribution in [0.2, 0.25) is 0 Å². The topological polar surface area (TPSA) is 29.5 Å². The zero-order valence-corrected chi connectivity index (χ0v) is 8.21. The Morgan fingerprint density at radius 3 is 2.92 bits per heavy atom. The minimum Gasteiger partial charge on any atom is -0.378 e. The lowest BCUT2D eigenvalue weighted by atomic mass is 10.2. The van der Waals surface area contributed by atoms with Crippen molar-refractivity contribution in [2.75, 3.05) is 25.1 Å². The maximum atomic E-state index is 10.4. The highest BCUT2D eigenvalue weighted by Crippen LogP contribution is 2.29. The zero-order chi connectivity index (χ0) is 9.26. The number of nitrogens with zero attached hydrogens (tertiary/aromatic N) is 1. The van der Waals surface area contributed by atoms with Gasteiger partial charge in [0.1, 0.15) is 0 Å². The molecule has 0 N–H and O–H groups in total. The smallest absolute Gasteiger partial charge is 0.160 e. The number of thiophene rings is 1. The monoisotopic (exact) mass is 197 g/mol. The van der Waals surface area contributed by atoms with Crippen LogP contribution in [0.4, 0.5) is 5.00 Å². The number of rotatable bonds is 3. The number of hydrogen-bond acceptors (Lipinski definition) is 4. The molecule has 1 aliphatic rings. The summed E-state index contributed by atoms with van der Waals surface area (Å²) in [7, 11) is 1.73. The molecule has 1 aliphatic heterocycles. The first-order chi connectivity index (χ1) is 6.33. The van der Waals surface area contributed by atoms with Crippen LogP contribution in [0, 0.1) is 0 Å². The van der Waals surface area contributed by atoms with Gasteiger partial charge >= 0.3 is 0 Å². The molecule has 0 saturated carbocycles. The predicted molar refractivity (Wildman–Crippen MR) is 52.7 cm³/mol. The van der Waals surface area contributed by atoms with Gasteiger partial charge in [-0.2, -0.15) is 0 Å². The number of carbonyl (C=O) groups excluding carboxylic acids is 1. The normalized spacial score (nSPS) is 17.2. The average molecular weight is 197 g/mol. The average Bonchev–Trinajstić information content (AvgIpc) is 2.51. The summed E-state index contributed by atoms with van der Waals surface area (Å²) >= 11 is 1.53. The van der Waals surface area contributed by atoms with Crippen molar-refractivity contribution in [3.8, 4) is 0 Å². The van der Waals surface area contributed by atoms with Crippen molar-refractivity contribution in [3.63, 3.8) is 0 Å². The van der Waals surface area contributed by atoms with Gasteiger partial charge in [-0.15, -0.1) is 11.3 Å². The van der Waals surface area contributed by atoms with Gasteiger partial charge in [-0.25, -0.2) is 0 Å². The molecule has 0 unspecified atom stereocenters. The van der Waals surface area contributed by atoms with Crippen molar-refractivity contribution in [2.24, 2.45) is 0 Å². The standard InChI is InChI=1S/C9H11NO2S/c1-12-7-4-10(5-7)9-3-2-8(6-11)13-9/h2-3,6-7H,4-5H2,1H3. The Bertz CT molecular complexity index is 304. The summed E-state index contributed by atoms with van der Waals surface area (Å²) < 4.78 is 5.16. The third-order valence-electron chi connectivity index (χ3n) is 2.22. The second-order valence-corrected chi connectivity index (χ2v) is 4.15. The summed E-state index contributed by atoms with van der Waals surface area (Å²) in [5, 5.41) is 1.16. The molecule has 0 aromatic carbocycles. The van der Waals surface area contributed by atoms with Crippen molar-refractivity contribution in [2.45, 2.75) is 6.10 Å². The molecule has 70 valence electrons. The van der Waals surface area contributed by atoms with Crippen LogP contribution in [0.3, 0.4) is 0 Å². The molecule has 0 aliphatic carbocycles. The van der Waals surface area contributed by atoms with Crippen molar-refractivity contribution >= 4 is 22.6 Å². The van der Waals surface area contributed by atoms with E-state index in [1.54, 1.807) is 7.11 Å². The minimum atomic E-state index is 0.363. The molecule has 3 nitrogen and oxygen atoms in total. The van der Waals surface area contributed by atoms with E-state index in [1.807, 2.05) is 12.1 Å². The number of hydrogen-bond donors (Lipinski definition) is 0. The van der Waals surface area contributed by atoms with Crippen LogP contribution >= 0.6 is 11.3 Å². The van der Waals surface area contributed by atoms with Crippen molar-refractivity contribution in [1.29, 1.82) is 0 Å². The summed E-state index contributed by atoms with van der Waals surface area (Å²) in [5.74, 6) is 0. The van der Waals surface area contributed by atoms with Crippen LogP contribution in [0.15, 0.2) is 12.1 Å². The minimum absolute atomic E-state index is 0.363. The van der Waals surface area contributed by atoms with Gasteiger partial charge in [0.15, 0.2) is 6.29 Å². The summed E-state index contributed by atoms with van der Waals surface area (Å²) in [5.41, 5.74) is 0. The Kier molecular flexibility index (Phi) is 2.33. The quantitative estimate of drug-likeness (QED) is 0.686. The fourth-order valence-corrected chi connectivity index (χ4v) is 2.18. The highest BCUT2D eigenvalue weighted by molar-refractivity contribution is 7.17.